The highest BCUT2D eigenvalue weighted by Crippen LogP contribution is 2.44. The summed E-state index contributed by atoms with van der Waals surface area (Å²) in [6.45, 7) is 5.67. The standard InChI is InChI=1S/C27H34N2O5/c1-4-7-16-23(24(30)31)28-25(32)27(5-2,6-3)29-26(33)34-17-22-20-14-10-8-12-18(20)19-13-9-11-15-21(19)22/h8-15,22-23H,4-7,16-17H2,1-3H3,(H,28,32)(H,29,33)(H,30,31)/t23-/m0/s1. The van der Waals surface area contributed by atoms with Gasteiger partial charge in [-0.05, 0) is 41.5 Å². The molecule has 1 atom stereocenters. The fourth-order valence-corrected chi connectivity index (χ4v) is 4.60. The number of carbonyl (C=O) groups is 3. The summed E-state index contributed by atoms with van der Waals surface area (Å²) < 4.78 is 5.62. The molecule has 2 aromatic rings. The lowest BCUT2D eigenvalue weighted by Crippen LogP contribution is -2.60. The summed E-state index contributed by atoms with van der Waals surface area (Å²) in [4.78, 5) is 37.5. The molecule has 3 N–H and O–H groups in total. The Morgan fingerprint density at radius 1 is 0.971 bits per heavy atom. The number of unbranched alkanes of at least 4 members (excludes halogenated alkanes) is 1. The van der Waals surface area contributed by atoms with Gasteiger partial charge in [0.25, 0.3) is 0 Å². The van der Waals surface area contributed by atoms with E-state index < -0.39 is 29.6 Å². The minimum Gasteiger partial charge on any atom is -0.480 e. The van der Waals surface area contributed by atoms with Crippen molar-refractivity contribution in [3.63, 3.8) is 0 Å². The molecule has 0 saturated carbocycles. The molecule has 0 fully saturated rings. The van der Waals surface area contributed by atoms with Crippen LogP contribution in [0.25, 0.3) is 11.1 Å². The molecule has 2 amide bonds. The third-order valence-electron chi connectivity index (χ3n) is 6.78. The van der Waals surface area contributed by atoms with Gasteiger partial charge in [0.1, 0.15) is 18.2 Å². The molecule has 7 nitrogen and oxygen atoms in total. The van der Waals surface area contributed by atoms with Gasteiger partial charge in [0.15, 0.2) is 0 Å². The average molecular weight is 467 g/mol. The predicted molar refractivity (Wildman–Crippen MR) is 131 cm³/mol. The lowest BCUT2D eigenvalue weighted by Gasteiger charge is -2.32. The van der Waals surface area contributed by atoms with Crippen LogP contribution in [-0.2, 0) is 14.3 Å². The first-order chi connectivity index (χ1) is 16.4. The summed E-state index contributed by atoms with van der Waals surface area (Å²) in [5.74, 6) is -1.67. The van der Waals surface area contributed by atoms with Crippen molar-refractivity contribution in [2.24, 2.45) is 0 Å². The molecule has 0 unspecified atom stereocenters. The second-order valence-electron chi connectivity index (χ2n) is 8.75. The van der Waals surface area contributed by atoms with E-state index in [1.54, 1.807) is 13.8 Å². The second-order valence-corrected chi connectivity index (χ2v) is 8.75. The normalized spacial score (nSPS) is 13.5. The van der Waals surface area contributed by atoms with Crippen molar-refractivity contribution in [1.82, 2.24) is 10.6 Å². The van der Waals surface area contributed by atoms with Crippen molar-refractivity contribution in [3.8, 4) is 11.1 Å². The van der Waals surface area contributed by atoms with E-state index in [0.717, 1.165) is 28.7 Å². The van der Waals surface area contributed by atoms with Crippen LogP contribution in [0.5, 0.6) is 0 Å². The molecule has 0 radical (unpaired) electrons. The van der Waals surface area contributed by atoms with E-state index in [9.17, 15) is 19.5 Å². The maximum atomic E-state index is 13.1. The number of benzene rings is 2. The first-order valence-electron chi connectivity index (χ1n) is 12.0. The Kier molecular flexibility index (Phi) is 8.31. The molecule has 0 bridgehead atoms. The average Bonchev–Trinajstić information content (AvgIpc) is 3.17. The number of nitrogens with one attached hydrogen (secondary N) is 2. The Bertz CT molecular complexity index is 986. The first kappa shape index (κ1) is 25.3. The molecule has 34 heavy (non-hydrogen) atoms. The van der Waals surface area contributed by atoms with Crippen LogP contribution in [0.4, 0.5) is 4.79 Å². The number of hydrogen-bond donors (Lipinski definition) is 3. The van der Waals surface area contributed by atoms with Gasteiger partial charge in [0.05, 0.1) is 0 Å². The number of fused-ring (bicyclic) bond motifs is 3. The van der Waals surface area contributed by atoms with Crippen LogP contribution >= 0.6 is 0 Å². The lowest BCUT2D eigenvalue weighted by atomic mass is 9.91. The third kappa shape index (κ3) is 5.24. The molecular weight excluding hydrogens is 432 g/mol. The lowest BCUT2D eigenvalue weighted by molar-refractivity contribution is -0.143. The van der Waals surface area contributed by atoms with E-state index in [4.69, 9.17) is 4.74 Å². The van der Waals surface area contributed by atoms with E-state index in [-0.39, 0.29) is 12.5 Å². The van der Waals surface area contributed by atoms with E-state index in [1.807, 2.05) is 43.3 Å². The van der Waals surface area contributed by atoms with Crippen LogP contribution in [0.2, 0.25) is 0 Å². The number of ether oxygens (including phenoxy) is 1. The zero-order chi connectivity index (χ0) is 24.7. The zero-order valence-corrected chi connectivity index (χ0v) is 20.1. The SMILES string of the molecule is CCCC[C@H](NC(=O)C(CC)(CC)NC(=O)OCC1c2ccccc2-c2ccccc21)C(=O)O. The van der Waals surface area contributed by atoms with Gasteiger partial charge >= 0.3 is 12.1 Å². The minimum atomic E-state index is -1.25. The Labute approximate surface area is 200 Å². The largest absolute Gasteiger partial charge is 0.480 e. The third-order valence-corrected chi connectivity index (χ3v) is 6.78. The molecule has 3 rings (SSSR count). The molecule has 2 aromatic carbocycles. The van der Waals surface area contributed by atoms with E-state index >= 15 is 0 Å². The Morgan fingerprint density at radius 3 is 2.03 bits per heavy atom. The smallest absolute Gasteiger partial charge is 0.408 e. The summed E-state index contributed by atoms with van der Waals surface area (Å²) in [6.07, 6.45) is 1.76. The van der Waals surface area contributed by atoms with Crippen molar-refractivity contribution in [1.29, 1.82) is 0 Å². The maximum absolute atomic E-state index is 13.1. The van der Waals surface area contributed by atoms with Crippen molar-refractivity contribution in [2.45, 2.75) is 70.4 Å². The predicted octanol–water partition coefficient (Wildman–Crippen LogP) is 4.84. The fourth-order valence-electron chi connectivity index (χ4n) is 4.60. The van der Waals surface area contributed by atoms with Gasteiger partial charge in [0, 0.05) is 5.92 Å². The van der Waals surface area contributed by atoms with Gasteiger partial charge in [-0.25, -0.2) is 9.59 Å². The van der Waals surface area contributed by atoms with Crippen molar-refractivity contribution >= 4 is 18.0 Å². The van der Waals surface area contributed by atoms with Gasteiger partial charge in [-0.3, -0.25) is 4.79 Å². The number of aliphatic carboxylic acids is 1. The molecule has 0 aromatic heterocycles. The monoisotopic (exact) mass is 466 g/mol. The number of carbonyl (C=O) groups excluding carboxylic acids is 2. The van der Waals surface area contributed by atoms with E-state index in [0.29, 0.717) is 25.7 Å². The molecule has 0 spiro atoms. The highest BCUT2D eigenvalue weighted by Gasteiger charge is 2.39. The fraction of sp³-hybridized carbons (Fsp3) is 0.444. The summed E-state index contributed by atoms with van der Waals surface area (Å²) >= 11 is 0. The molecule has 182 valence electrons. The summed E-state index contributed by atoms with van der Waals surface area (Å²) in [6, 6.07) is 15.1. The minimum absolute atomic E-state index is 0.0879. The van der Waals surface area contributed by atoms with Crippen LogP contribution in [-0.4, -0.2) is 41.3 Å². The van der Waals surface area contributed by atoms with Crippen LogP contribution < -0.4 is 10.6 Å². The number of carboxylic acid groups (broad SMARTS) is 1. The topological polar surface area (TPSA) is 105 Å². The number of alkyl carbamates (subject to hydrolysis) is 1. The summed E-state index contributed by atoms with van der Waals surface area (Å²) in [5, 5.41) is 14.8. The van der Waals surface area contributed by atoms with Crippen LogP contribution in [0.1, 0.15) is 69.9 Å². The quantitative estimate of drug-likeness (QED) is 0.439. The summed E-state index contributed by atoms with van der Waals surface area (Å²) in [7, 11) is 0. The van der Waals surface area contributed by atoms with Gasteiger partial charge in [-0.1, -0.05) is 82.1 Å². The molecule has 0 heterocycles. The van der Waals surface area contributed by atoms with Gasteiger partial charge in [-0.2, -0.15) is 0 Å². The molecule has 0 aliphatic heterocycles. The second kappa shape index (κ2) is 11.2. The van der Waals surface area contributed by atoms with Gasteiger partial charge in [-0.15, -0.1) is 0 Å². The highest BCUT2D eigenvalue weighted by molar-refractivity contribution is 5.92. The Morgan fingerprint density at radius 2 is 1.53 bits per heavy atom. The number of rotatable bonds is 11. The van der Waals surface area contributed by atoms with E-state index in [2.05, 4.69) is 22.8 Å². The number of carboxylic acids is 1. The summed E-state index contributed by atoms with van der Waals surface area (Å²) in [5.41, 5.74) is 3.23. The van der Waals surface area contributed by atoms with Crippen LogP contribution in [0, 0.1) is 0 Å². The van der Waals surface area contributed by atoms with Crippen molar-refractivity contribution in [3.05, 3.63) is 59.7 Å². The molecule has 0 saturated heterocycles. The number of amides is 2. The van der Waals surface area contributed by atoms with E-state index in [1.165, 1.54) is 0 Å². The van der Waals surface area contributed by atoms with Gasteiger partial charge < -0.3 is 20.5 Å². The van der Waals surface area contributed by atoms with Crippen LogP contribution in [0.15, 0.2) is 48.5 Å². The maximum Gasteiger partial charge on any atom is 0.408 e. The number of hydrogen-bond acceptors (Lipinski definition) is 4. The Balaban J connectivity index is 1.69. The van der Waals surface area contributed by atoms with Crippen molar-refractivity contribution < 1.29 is 24.2 Å². The Hall–Kier alpha value is -3.35. The first-order valence-corrected chi connectivity index (χ1v) is 12.0. The molecule has 1 aliphatic rings. The molecular formula is C27H34N2O5. The highest BCUT2D eigenvalue weighted by atomic mass is 16.5. The van der Waals surface area contributed by atoms with Crippen molar-refractivity contribution in [2.75, 3.05) is 6.61 Å². The van der Waals surface area contributed by atoms with Crippen LogP contribution in [0.3, 0.4) is 0 Å². The molecule has 7 heteroatoms. The zero-order valence-electron chi connectivity index (χ0n) is 20.1. The van der Waals surface area contributed by atoms with Gasteiger partial charge in [0.2, 0.25) is 5.91 Å². The molecule has 1 aliphatic carbocycles.